The van der Waals surface area contributed by atoms with Crippen LogP contribution in [0.1, 0.15) is 41.4 Å². The predicted molar refractivity (Wildman–Crippen MR) is 131 cm³/mol. The molecule has 2 aromatic carbocycles. The summed E-state index contributed by atoms with van der Waals surface area (Å²) in [6.07, 6.45) is 2.51. The molecule has 0 saturated carbocycles. The minimum Gasteiger partial charge on any atom is -0.457 e. The normalized spacial score (nSPS) is 14.9. The topological polar surface area (TPSA) is 94.9 Å². The number of halogens is 1. The van der Waals surface area contributed by atoms with Crippen molar-refractivity contribution in [2.75, 3.05) is 32.8 Å². The summed E-state index contributed by atoms with van der Waals surface area (Å²) in [7, 11) is 0. The van der Waals surface area contributed by atoms with Crippen LogP contribution in [0.4, 0.5) is 4.39 Å². The molecule has 4 rings (SSSR count). The van der Waals surface area contributed by atoms with E-state index in [2.05, 4.69) is 15.2 Å². The van der Waals surface area contributed by atoms with Gasteiger partial charge in [-0.15, -0.1) is 0 Å². The number of nitrogens with one attached hydrogen (secondary N) is 1. The maximum absolute atomic E-state index is 13.1. The number of likely N-dealkylation sites (tertiary alicyclic amines) is 1. The Balaban J connectivity index is 1.48. The lowest BCUT2D eigenvalue weighted by Crippen LogP contribution is -2.37. The number of ether oxygens (including phenoxy) is 1. The monoisotopic (exact) mass is 479 g/mol. The number of pyridine rings is 1. The van der Waals surface area contributed by atoms with Crippen molar-refractivity contribution in [1.29, 1.82) is 0 Å². The number of benzene rings is 2. The van der Waals surface area contributed by atoms with E-state index in [0.717, 1.165) is 19.6 Å². The number of aliphatic hydroxyl groups is 2. The van der Waals surface area contributed by atoms with Gasteiger partial charge >= 0.3 is 0 Å². The number of nitrogens with zero attached hydrogens (tertiary/aromatic N) is 2. The average Bonchev–Trinajstić information content (AvgIpc) is 2.90. The first-order valence-corrected chi connectivity index (χ1v) is 11.9. The number of piperidine rings is 1. The minimum absolute atomic E-state index is 0.176. The fourth-order valence-corrected chi connectivity index (χ4v) is 4.05. The standard InChI is InChI=1S/C27H30FN3O4/c28-21-6-10-23(11-7-21)35-22-8-4-19(5-9-22)24-16-20(26(33)18-32)17-25(30-24)27(34)29-12-15-31-13-2-1-3-14-31/h4-11,16-17,26,32-33H,1-3,12-15,18H2,(H,29,34). The lowest BCUT2D eigenvalue weighted by atomic mass is 10.0. The molecule has 184 valence electrons. The van der Waals surface area contributed by atoms with Gasteiger partial charge in [0.05, 0.1) is 12.3 Å². The fraction of sp³-hybridized carbons (Fsp3) is 0.333. The molecular weight excluding hydrogens is 449 g/mol. The largest absolute Gasteiger partial charge is 0.457 e. The molecule has 35 heavy (non-hydrogen) atoms. The van der Waals surface area contributed by atoms with Gasteiger partial charge in [-0.05, 0) is 92.2 Å². The second kappa shape index (κ2) is 11.9. The highest BCUT2D eigenvalue weighted by Crippen LogP contribution is 2.27. The van der Waals surface area contributed by atoms with Crippen LogP contribution in [0.5, 0.6) is 11.5 Å². The Bertz CT molecular complexity index is 1120. The van der Waals surface area contributed by atoms with Crippen molar-refractivity contribution in [3.63, 3.8) is 0 Å². The van der Waals surface area contributed by atoms with Gasteiger partial charge in [-0.25, -0.2) is 9.37 Å². The SMILES string of the molecule is O=C(NCCN1CCCCC1)c1cc(C(O)CO)cc(-c2ccc(Oc3ccc(F)cc3)cc2)n1. The molecule has 0 radical (unpaired) electrons. The molecule has 0 spiro atoms. The second-order valence-electron chi connectivity index (χ2n) is 8.61. The minimum atomic E-state index is -1.13. The Labute approximate surface area is 204 Å². The molecule has 3 N–H and O–H groups in total. The van der Waals surface area contributed by atoms with Gasteiger partial charge in [0.1, 0.15) is 29.1 Å². The van der Waals surface area contributed by atoms with Gasteiger partial charge in [0.2, 0.25) is 0 Å². The maximum atomic E-state index is 13.1. The van der Waals surface area contributed by atoms with E-state index in [0.29, 0.717) is 34.9 Å². The van der Waals surface area contributed by atoms with Crippen LogP contribution in [0.25, 0.3) is 11.3 Å². The summed E-state index contributed by atoms with van der Waals surface area (Å²) in [6.45, 7) is 2.93. The highest BCUT2D eigenvalue weighted by molar-refractivity contribution is 5.93. The van der Waals surface area contributed by atoms with Gasteiger partial charge in [0.25, 0.3) is 5.91 Å². The third kappa shape index (κ3) is 6.85. The summed E-state index contributed by atoms with van der Waals surface area (Å²) in [5, 5.41) is 22.6. The van der Waals surface area contributed by atoms with E-state index < -0.39 is 12.7 Å². The van der Waals surface area contributed by atoms with Crippen LogP contribution in [0.2, 0.25) is 0 Å². The molecule has 1 amide bonds. The molecule has 2 heterocycles. The first-order chi connectivity index (χ1) is 17.0. The predicted octanol–water partition coefficient (Wildman–Crippen LogP) is 3.92. The van der Waals surface area contributed by atoms with Crippen LogP contribution < -0.4 is 10.1 Å². The van der Waals surface area contributed by atoms with Gasteiger partial charge < -0.3 is 25.2 Å². The number of aliphatic hydroxyl groups excluding tert-OH is 2. The molecule has 1 saturated heterocycles. The number of hydrogen-bond donors (Lipinski definition) is 3. The number of carbonyl (C=O) groups excluding carboxylic acids is 1. The van der Waals surface area contributed by atoms with E-state index in [4.69, 9.17) is 4.74 Å². The Morgan fingerprint density at radius 2 is 1.69 bits per heavy atom. The molecule has 1 aliphatic rings. The van der Waals surface area contributed by atoms with E-state index in [-0.39, 0.29) is 17.4 Å². The second-order valence-corrected chi connectivity index (χ2v) is 8.61. The van der Waals surface area contributed by atoms with E-state index in [9.17, 15) is 19.4 Å². The molecular formula is C27H30FN3O4. The lowest BCUT2D eigenvalue weighted by molar-refractivity contribution is 0.0927. The zero-order valence-electron chi connectivity index (χ0n) is 19.5. The number of aromatic nitrogens is 1. The van der Waals surface area contributed by atoms with Crippen LogP contribution in [0, 0.1) is 5.82 Å². The van der Waals surface area contributed by atoms with E-state index in [1.807, 2.05) is 0 Å². The van der Waals surface area contributed by atoms with Gasteiger partial charge in [0, 0.05) is 18.7 Å². The smallest absolute Gasteiger partial charge is 0.269 e. The van der Waals surface area contributed by atoms with Gasteiger partial charge in [-0.2, -0.15) is 0 Å². The first-order valence-electron chi connectivity index (χ1n) is 11.9. The van der Waals surface area contributed by atoms with Gasteiger partial charge in [0.15, 0.2) is 0 Å². The van der Waals surface area contributed by atoms with Crippen molar-refractivity contribution in [3.05, 3.63) is 77.7 Å². The Hall–Kier alpha value is -3.33. The van der Waals surface area contributed by atoms with Crippen molar-refractivity contribution < 1.29 is 24.1 Å². The van der Waals surface area contributed by atoms with Crippen LogP contribution in [0.15, 0.2) is 60.7 Å². The summed E-state index contributed by atoms with van der Waals surface area (Å²) in [5.41, 5.74) is 1.79. The number of amides is 1. The molecule has 0 bridgehead atoms. The Morgan fingerprint density at radius 3 is 2.34 bits per heavy atom. The Kier molecular flexibility index (Phi) is 8.41. The zero-order valence-corrected chi connectivity index (χ0v) is 19.5. The molecule has 7 nitrogen and oxygen atoms in total. The highest BCUT2D eigenvalue weighted by Gasteiger charge is 2.16. The van der Waals surface area contributed by atoms with Crippen LogP contribution >= 0.6 is 0 Å². The lowest BCUT2D eigenvalue weighted by Gasteiger charge is -2.26. The van der Waals surface area contributed by atoms with Crippen LogP contribution in [-0.4, -0.2) is 58.8 Å². The van der Waals surface area contributed by atoms with Crippen molar-refractivity contribution in [2.24, 2.45) is 0 Å². The highest BCUT2D eigenvalue weighted by atomic mass is 19.1. The summed E-state index contributed by atoms with van der Waals surface area (Å²) in [5.74, 6) is 0.401. The average molecular weight is 480 g/mol. The third-order valence-electron chi connectivity index (χ3n) is 6.00. The molecule has 0 aliphatic carbocycles. The van der Waals surface area contributed by atoms with Crippen molar-refractivity contribution >= 4 is 5.91 Å². The number of carbonyl (C=O) groups is 1. The molecule has 1 aliphatic heterocycles. The number of hydrogen-bond acceptors (Lipinski definition) is 6. The molecule has 1 fully saturated rings. The summed E-state index contributed by atoms with van der Waals surface area (Å²) >= 11 is 0. The van der Waals surface area contributed by atoms with E-state index >= 15 is 0 Å². The van der Waals surface area contributed by atoms with E-state index in [1.54, 1.807) is 42.5 Å². The molecule has 1 atom stereocenters. The quantitative estimate of drug-likeness (QED) is 0.431. The molecule has 8 heteroatoms. The summed E-state index contributed by atoms with van der Waals surface area (Å²) in [6, 6.07) is 16.0. The third-order valence-corrected chi connectivity index (χ3v) is 6.00. The fourth-order valence-electron chi connectivity index (χ4n) is 4.05. The Morgan fingerprint density at radius 1 is 1.03 bits per heavy atom. The van der Waals surface area contributed by atoms with Crippen LogP contribution in [-0.2, 0) is 0 Å². The van der Waals surface area contributed by atoms with Gasteiger partial charge in [-0.1, -0.05) is 6.42 Å². The molecule has 1 unspecified atom stereocenters. The van der Waals surface area contributed by atoms with Gasteiger partial charge in [-0.3, -0.25) is 4.79 Å². The van der Waals surface area contributed by atoms with Crippen molar-refractivity contribution in [2.45, 2.75) is 25.4 Å². The first kappa shape index (κ1) is 24.8. The molecule has 1 aromatic heterocycles. The van der Waals surface area contributed by atoms with E-state index in [1.165, 1.54) is 37.5 Å². The summed E-state index contributed by atoms with van der Waals surface area (Å²) < 4.78 is 18.8. The number of rotatable bonds is 9. The van der Waals surface area contributed by atoms with Crippen molar-refractivity contribution in [3.8, 4) is 22.8 Å². The zero-order chi connectivity index (χ0) is 24.6. The molecule has 3 aromatic rings. The van der Waals surface area contributed by atoms with Crippen LogP contribution in [0.3, 0.4) is 0 Å². The maximum Gasteiger partial charge on any atom is 0.269 e. The van der Waals surface area contributed by atoms with Crippen molar-refractivity contribution in [1.82, 2.24) is 15.2 Å². The summed E-state index contributed by atoms with van der Waals surface area (Å²) in [4.78, 5) is 19.7.